The molecule has 0 aromatic carbocycles. The van der Waals surface area contributed by atoms with Gasteiger partial charge in [0.05, 0.1) is 19.5 Å². The monoisotopic (exact) mass is 305 g/mol. The molecule has 0 spiro atoms. The van der Waals surface area contributed by atoms with Gasteiger partial charge in [0.15, 0.2) is 6.19 Å². The highest BCUT2D eigenvalue weighted by molar-refractivity contribution is 5.81. The summed E-state index contributed by atoms with van der Waals surface area (Å²) in [7, 11) is 0. The van der Waals surface area contributed by atoms with Gasteiger partial charge in [0, 0.05) is 51.7 Å². The average Bonchev–Trinajstić information content (AvgIpc) is 3.06. The summed E-state index contributed by atoms with van der Waals surface area (Å²) in [5.74, 6) is 0.543. The number of nitrogens with zero attached hydrogens (tertiary/aromatic N) is 5. The Balaban J connectivity index is 1.64. The van der Waals surface area contributed by atoms with Gasteiger partial charge in [-0.2, -0.15) is 5.26 Å². The molecule has 8 heteroatoms. The van der Waals surface area contributed by atoms with Crippen LogP contribution in [0.15, 0.2) is 23.7 Å². The average molecular weight is 305 g/mol. The Bertz CT molecular complexity index is 474. The molecule has 0 aliphatic carbocycles. The lowest BCUT2D eigenvalue weighted by molar-refractivity contribution is 0.0389. The van der Waals surface area contributed by atoms with Crippen molar-refractivity contribution in [3.05, 3.63) is 18.7 Å². The van der Waals surface area contributed by atoms with Crippen LogP contribution in [0.4, 0.5) is 0 Å². The van der Waals surface area contributed by atoms with E-state index in [0.29, 0.717) is 12.5 Å². The Morgan fingerprint density at radius 2 is 2.23 bits per heavy atom. The van der Waals surface area contributed by atoms with Crippen molar-refractivity contribution in [2.75, 3.05) is 45.9 Å². The lowest BCUT2D eigenvalue weighted by Gasteiger charge is -2.26. The van der Waals surface area contributed by atoms with Crippen LogP contribution < -0.4 is 10.6 Å². The number of aryl methyl sites for hydroxylation is 1. The summed E-state index contributed by atoms with van der Waals surface area (Å²) >= 11 is 0. The minimum Gasteiger partial charge on any atom is -0.379 e. The van der Waals surface area contributed by atoms with Crippen LogP contribution in [0.25, 0.3) is 0 Å². The van der Waals surface area contributed by atoms with Gasteiger partial charge in [-0.15, -0.1) is 0 Å². The Hall–Kier alpha value is -2.11. The molecule has 22 heavy (non-hydrogen) atoms. The third-order valence-electron chi connectivity index (χ3n) is 3.40. The maximum Gasteiger partial charge on any atom is 0.204 e. The molecular weight excluding hydrogens is 282 g/mol. The van der Waals surface area contributed by atoms with Crippen molar-refractivity contribution < 1.29 is 4.74 Å². The summed E-state index contributed by atoms with van der Waals surface area (Å²) in [5, 5.41) is 14.5. The molecule has 0 radical (unpaired) electrons. The van der Waals surface area contributed by atoms with Gasteiger partial charge in [-0.1, -0.05) is 0 Å². The molecule has 2 heterocycles. The van der Waals surface area contributed by atoms with Gasteiger partial charge >= 0.3 is 0 Å². The summed E-state index contributed by atoms with van der Waals surface area (Å²) in [6, 6.07) is 0. The number of hydrogen-bond donors (Lipinski definition) is 2. The number of imidazole rings is 1. The molecule has 0 amide bonds. The smallest absolute Gasteiger partial charge is 0.204 e. The summed E-state index contributed by atoms with van der Waals surface area (Å²) in [5.41, 5.74) is 0. The number of guanidine groups is 1. The fraction of sp³-hybridized carbons (Fsp3) is 0.643. The van der Waals surface area contributed by atoms with Crippen molar-refractivity contribution in [1.82, 2.24) is 25.1 Å². The second kappa shape index (κ2) is 9.76. The molecule has 2 N–H and O–H groups in total. The van der Waals surface area contributed by atoms with Gasteiger partial charge in [0.25, 0.3) is 0 Å². The van der Waals surface area contributed by atoms with E-state index in [1.54, 1.807) is 12.5 Å². The van der Waals surface area contributed by atoms with E-state index >= 15 is 0 Å². The SMILES string of the molecule is N#CNC(=NCCCn1ccnc1)NCCN1CCOCC1. The highest BCUT2D eigenvalue weighted by Crippen LogP contribution is 1.95. The molecule has 0 bridgehead atoms. The first-order valence-electron chi connectivity index (χ1n) is 7.58. The second-order valence-corrected chi connectivity index (χ2v) is 5.00. The first-order chi connectivity index (χ1) is 10.9. The van der Waals surface area contributed by atoms with E-state index in [9.17, 15) is 0 Å². The summed E-state index contributed by atoms with van der Waals surface area (Å²) in [6.07, 6.45) is 8.30. The molecule has 1 fully saturated rings. The van der Waals surface area contributed by atoms with E-state index in [2.05, 4.69) is 25.5 Å². The largest absolute Gasteiger partial charge is 0.379 e. The van der Waals surface area contributed by atoms with Crippen LogP contribution in [0.2, 0.25) is 0 Å². The van der Waals surface area contributed by atoms with Crippen LogP contribution in [0, 0.1) is 11.5 Å². The van der Waals surface area contributed by atoms with Gasteiger partial charge in [0.1, 0.15) is 0 Å². The zero-order valence-corrected chi connectivity index (χ0v) is 12.7. The second-order valence-electron chi connectivity index (χ2n) is 5.00. The van der Waals surface area contributed by atoms with E-state index in [1.807, 2.05) is 17.0 Å². The minimum absolute atomic E-state index is 0.543. The number of ether oxygens (including phenoxy) is 1. The lowest BCUT2D eigenvalue weighted by Crippen LogP contribution is -2.43. The van der Waals surface area contributed by atoms with E-state index in [-0.39, 0.29) is 0 Å². The normalized spacial score (nSPS) is 16.2. The van der Waals surface area contributed by atoms with E-state index in [0.717, 1.165) is 52.4 Å². The Morgan fingerprint density at radius 3 is 2.95 bits per heavy atom. The zero-order chi connectivity index (χ0) is 15.5. The molecule has 1 saturated heterocycles. The quantitative estimate of drug-likeness (QED) is 0.235. The maximum atomic E-state index is 8.77. The fourth-order valence-corrected chi connectivity index (χ4v) is 2.21. The predicted octanol–water partition coefficient (Wildman–Crippen LogP) is -0.378. The fourth-order valence-electron chi connectivity index (χ4n) is 2.21. The molecule has 2 rings (SSSR count). The van der Waals surface area contributed by atoms with E-state index in [1.165, 1.54) is 0 Å². The minimum atomic E-state index is 0.543. The van der Waals surface area contributed by atoms with Crippen LogP contribution in [0.1, 0.15) is 6.42 Å². The van der Waals surface area contributed by atoms with Crippen molar-refractivity contribution in [3.63, 3.8) is 0 Å². The Morgan fingerprint density at radius 1 is 1.36 bits per heavy atom. The molecule has 0 saturated carbocycles. The van der Waals surface area contributed by atoms with Gasteiger partial charge in [-0.3, -0.25) is 15.2 Å². The van der Waals surface area contributed by atoms with Crippen molar-refractivity contribution in [2.24, 2.45) is 4.99 Å². The highest BCUT2D eigenvalue weighted by atomic mass is 16.5. The van der Waals surface area contributed by atoms with Crippen LogP contribution in [-0.4, -0.2) is 66.3 Å². The van der Waals surface area contributed by atoms with Crippen LogP contribution in [0.3, 0.4) is 0 Å². The van der Waals surface area contributed by atoms with Crippen LogP contribution in [0.5, 0.6) is 0 Å². The first kappa shape index (κ1) is 16.3. The number of hydrogen-bond acceptors (Lipinski definition) is 5. The Labute approximate surface area is 130 Å². The number of morpholine rings is 1. The molecule has 1 aromatic rings. The van der Waals surface area contributed by atoms with E-state index in [4.69, 9.17) is 10.00 Å². The predicted molar refractivity (Wildman–Crippen MR) is 83.2 cm³/mol. The molecule has 0 atom stereocenters. The molecule has 1 aliphatic rings. The van der Waals surface area contributed by atoms with E-state index < -0.39 is 0 Å². The van der Waals surface area contributed by atoms with Gasteiger partial charge in [-0.05, 0) is 6.42 Å². The molecule has 8 nitrogen and oxygen atoms in total. The molecule has 0 unspecified atom stereocenters. The topological polar surface area (TPSA) is 90.5 Å². The summed E-state index contributed by atoms with van der Waals surface area (Å²) in [4.78, 5) is 10.7. The van der Waals surface area contributed by atoms with Crippen molar-refractivity contribution >= 4 is 5.96 Å². The zero-order valence-electron chi connectivity index (χ0n) is 12.7. The molecular formula is C14H23N7O. The summed E-state index contributed by atoms with van der Waals surface area (Å²) < 4.78 is 7.33. The number of aromatic nitrogens is 2. The molecule has 1 aliphatic heterocycles. The maximum absolute atomic E-state index is 8.77. The lowest BCUT2D eigenvalue weighted by atomic mass is 10.4. The van der Waals surface area contributed by atoms with Gasteiger partial charge in [0.2, 0.25) is 5.96 Å². The van der Waals surface area contributed by atoms with Crippen LogP contribution >= 0.6 is 0 Å². The van der Waals surface area contributed by atoms with Crippen LogP contribution in [-0.2, 0) is 11.3 Å². The highest BCUT2D eigenvalue weighted by Gasteiger charge is 2.09. The third kappa shape index (κ3) is 6.11. The van der Waals surface area contributed by atoms with Crippen molar-refractivity contribution in [2.45, 2.75) is 13.0 Å². The Kier molecular flexibility index (Phi) is 7.21. The number of aliphatic imine (C=N–C) groups is 1. The van der Waals surface area contributed by atoms with Crippen molar-refractivity contribution in [3.8, 4) is 6.19 Å². The number of nitrogens with one attached hydrogen (secondary N) is 2. The van der Waals surface area contributed by atoms with Crippen molar-refractivity contribution in [1.29, 1.82) is 5.26 Å². The summed E-state index contributed by atoms with van der Waals surface area (Å²) in [6.45, 7) is 6.73. The first-order valence-corrected chi connectivity index (χ1v) is 7.58. The third-order valence-corrected chi connectivity index (χ3v) is 3.40. The standard InChI is InChI=1S/C14H23N7O/c15-12-19-14(17-2-1-5-21-6-3-16-13-21)18-4-7-20-8-10-22-11-9-20/h3,6,13H,1-2,4-5,7-11H2,(H2,17,18,19). The number of rotatable bonds is 7. The number of nitriles is 1. The van der Waals surface area contributed by atoms with Gasteiger partial charge in [-0.25, -0.2) is 4.98 Å². The van der Waals surface area contributed by atoms with Gasteiger partial charge < -0.3 is 14.6 Å². The molecule has 120 valence electrons. The molecule has 1 aromatic heterocycles.